The smallest absolute Gasteiger partial charge is 0.173 e. The second-order valence-corrected chi connectivity index (χ2v) is 5.71. The minimum Gasteiger partial charge on any atom is -0.497 e. The molecule has 0 saturated carbocycles. The fourth-order valence-electron chi connectivity index (χ4n) is 2.59. The molecule has 1 aromatic carbocycles. The number of anilines is 1. The maximum atomic E-state index is 5.54. The lowest BCUT2D eigenvalue weighted by Gasteiger charge is -2.36. The van der Waals surface area contributed by atoms with Crippen LogP contribution in [-0.4, -0.2) is 61.9 Å². The summed E-state index contributed by atoms with van der Waals surface area (Å²) in [6, 6.07) is 5.67. The Morgan fingerprint density at radius 3 is 2.50 bits per heavy atom. The molecule has 2 rings (SSSR count). The summed E-state index contributed by atoms with van der Waals surface area (Å²) in [4.78, 5) is 4.69. The van der Waals surface area contributed by atoms with E-state index in [9.17, 15) is 0 Å². The van der Waals surface area contributed by atoms with Crippen molar-refractivity contribution in [2.45, 2.75) is 13.3 Å². The molecule has 0 bridgehead atoms. The summed E-state index contributed by atoms with van der Waals surface area (Å²) in [6.07, 6.45) is 1.20. The van der Waals surface area contributed by atoms with Crippen LogP contribution in [0.2, 0.25) is 0 Å². The normalized spacial score (nSPS) is 15.5. The number of benzene rings is 1. The first-order valence-electron chi connectivity index (χ1n) is 7.68. The van der Waals surface area contributed by atoms with Gasteiger partial charge in [0.25, 0.3) is 0 Å². The molecular formula is C16H25N3O2S. The molecule has 0 atom stereocenters. The first-order valence-corrected chi connectivity index (χ1v) is 8.09. The lowest BCUT2D eigenvalue weighted by atomic mass is 10.2. The molecule has 122 valence electrons. The van der Waals surface area contributed by atoms with Crippen LogP contribution in [0.25, 0.3) is 0 Å². The van der Waals surface area contributed by atoms with E-state index in [0.29, 0.717) is 0 Å². The molecule has 6 heteroatoms. The molecule has 1 N–H and O–H groups in total. The van der Waals surface area contributed by atoms with Crippen molar-refractivity contribution in [1.29, 1.82) is 0 Å². The van der Waals surface area contributed by atoms with Gasteiger partial charge in [-0.25, -0.2) is 0 Å². The van der Waals surface area contributed by atoms with E-state index in [2.05, 4.69) is 22.0 Å². The van der Waals surface area contributed by atoms with E-state index in [1.165, 1.54) is 13.0 Å². The average molecular weight is 323 g/mol. The van der Waals surface area contributed by atoms with Gasteiger partial charge in [0.05, 0.1) is 19.9 Å². The van der Waals surface area contributed by atoms with Crippen LogP contribution in [0.4, 0.5) is 5.69 Å². The third kappa shape index (κ3) is 4.24. The van der Waals surface area contributed by atoms with Crippen molar-refractivity contribution < 1.29 is 9.47 Å². The Morgan fingerprint density at radius 2 is 1.91 bits per heavy atom. The number of hydrogen-bond donors (Lipinski definition) is 1. The van der Waals surface area contributed by atoms with Crippen LogP contribution in [0, 0.1) is 0 Å². The maximum Gasteiger partial charge on any atom is 0.173 e. The Kier molecular flexibility index (Phi) is 6.27. The fourth-order valence-corrected chi connectivity index (χ4v) is 2.88. The zero-order valence-corrected chi connectivity index (χ0v) is 14.4. The quantitative estimate of drug-likeness (QED) is 0.839. The van der Waals surface area contributed by atoms with Gasteiger partial charge in [-0.05, 0) is 37.3 Å². The average Bonchev–Trinajstić information content (AvgIpc) is 2.56. The molecule has 1 fully saturated rings. The topological polar surface area (TPSA) is 37.0 Å². The summed E-state index contributed by atoms with van der Waals surface area (Å²) in [6.45, 7) is 7.44. The van der Waals surface area contributed by atoms with Crippen LogP contribution in [0.15, 0.2) is 18.2 Å². The predicted molar refractivity (Wildman–Crippen MR) is 94.1 cm³/mol. The van der Waals surface area contributed by atoms with Crippen LogP contribution in [-0.2, 0) is 0 Å². The summed E-state index contributed by atoms with van der Waals surface area (Å²) in [5.41, 5.74) is 0.865. The summed E-state index contributed by atoms with van der Waals surface area (Å²) in [5, 5.41) is 4.04. The Morgan fingerprint density at radius 1 is 1.18 bits per heavy atom. The number of ether oxygens (including phenoxy) is 2. The summed E-state index contributed by atoms with van der Waals surface area (Å²) in [7, 11) is 3.29. The number of hydrogen-bond acceptors (Lipinski definition) is 4. The van der Waals surface area contributed by atoms with E-state index in [0.717, 1.165) is 48.5 Å². The zero-order valence-electron chi connectivity index (χ0n) is 13.6. The first kappa shape index (κ1) is 16.8. The Bertz CT molecular complexity index is 502. The van der Waals surface area contributed by atoms with Gasteiger partial charge in [-0.1, -0.05) is 6.92 Å². The van der Waals surface area contributed by atoms with Crippen molar-refractivity contribution in [2.75, 3.05) is 52.3 Å². The van der Waals surface area contributed by atoms with Crippen LogP contribution in [0.1, 0.15) is 13.3 Å². The second kappa shape index (κ2) is 8.19. The van der Waals surface area contributed by atoms with Crippen molar-refractivity contribution in [3.05, 3.63) is 18.2 Å². The highest BCUT2D eigenvalue weighted by molar-refractivity contribution is 7.80. The minimum atomic E-state index is 0.728. The number of rotatable bonds is 5. The molecule has 0 aliphatic carbocycles. The van der Waals surface area contributed by atoms with Gasteiger partial charge in [-0.15, -0.1) is 0 Å². The monoisotopic (exact) mass is 323 g/mol. The molecule has 1 saturated heterocycles. The van der Waals surface area contributed by atoms with E-state index in [1.54, 1.807) is 14.2 Å². The molecule has 5 nitrogen and oxygen atoms in total. The molecule has 1 heterocycles. The van der Waals surface area contributed by atoms with Crippen LogP contribution in [0.3, 0.4) is 0 Å². The molecule has 1 aliphatic heterocycles. The number of piperazine rings is 1. The van der Waals surface area contributed by atoms with Gasteiger partial charge in [0.2, 0.25) is 0 Å². The van der Waals surface area contributed by atoms with Gasteiger partial charge in [-0.2, -0.15) is 0 Å². The molecule has 22 heavy (non-hydrogen) atoms. The zero-order chi connectivity index (χ0) is 15.9. The fraction of sp³-hybridized carbons (Fsp3) is 0.562. The van der Waals surface area contributed by atoms with Gasteiger partial charge in [0, 0.05) is 32.2 Å². The minimum absolute atomic E-state index is 0.728. The van der Waals surface area contributed by atoms with Gasteiger partial charge in [0.1, 0.15) is 11.5 Å². The first-order chi connectivity index (χ1) is 10.7. The van der Waals surface area contributed by atoms with Crippen LogP contribution >= 0.6 is 12.2 Å². The van der Waals surface area contributed by atoms with Crippen molar-refractivity contribution in [3.63, 3.8) is 0 Å². The van der Waals surface area contributed by atoms with Gasteiger partial charge in [-0.3, -0.25) is 4.90 Å². The molecule has 1 aliphatic rings. The Labute approximate surface area is 138 Å². The SMILES string of the molecule is CCCN1CCN(C(=S)Nc2ccc(OC)cc2OC)CC1. The van der Waals surface area contributed by atoms with Gasteiger partial charge < -0.3 is 19.7 Å². The van der Waals surface area contributed by atoms with Crippen molar-refractivity contribution in [1.82, 2.24) is 9.80 Å². The molecule has 0 unspecified atom stereocenters. The number of thiocarbonyl (C=S) groups is 1. The van der Waals surface area contributed by atoms with Gasteiger partial charge in [0.15, 0.2) is 5.11 Å². The summed E-state index contributed by atoms with van der Waals surface area (Å²) >= 11 is 5.54. The largest absolute Gasteiger partial charge is 0.497 e. The van der Waals surface area contributed by atoms with E-state index in [-0.39, 0.29) is 0 Å². The van der Waals surface area contributed by atoms with E-state index >= 15 is 0 Å². The van der Waals surface area contributed by atoms with Crippen LogP contribution in [0.5, 0.6) is 11.5 Å². The van der Waals surface area contributed by atoms with Crippen molar-refractivity contribution in [2.24, 2.45) is 0 Å². The maximum absolute atomic E-state index is 5.54. The Balaban J connectivity index is 1.95. The Hall–Kier alpha value is -1.53. The molecule has 0 aromatic heterocycles. The number of methoxy groups -OCH3 is 2. The lowest BCUT2D eigenvalue weighted by molar-refractivity contribution is 0.184. The predicted octanol–water partition coefficient (Wildman–Crippen LogP) is 2.43. The number of nitrogens with one attached hydrogen (secondary N) is 1. The molecule has 0 radical (unpaired) electrons. The third-order valence-corrected chi connectivity index (χ3v) is 4.21. The van der Waals surface area contributed by atoms with E-state index in [4.69, 9.17) is 21.7 Å². The highest BCUT2D eigenvalue weighted by atomic mass is 32.1. The molecule has 0 amide bonds. The summed E-state index contributed by atoms with van der Waals surface area (Å²) < 4.78 is 10.6. The highest BCUT2D eigenvalue weighted by Gasteiger charge is 2.19. The third-order valence-electron chi connectivity index (χ3n) is 3.85. The standard InChI is InChI=1S/C16H25N3O2S/c1-4-7-18-8-10-19(11-9-18)16(22)17-14-6-5-13(20-2)12-15(14)21-3/h5-6,12H,4,7-11H2,1-3H3,(H,17,22). The van der Waals surface area contributed by atoms with E-state index in [1.807, 2.05) is 18.2 Å². The van der Waals surface area contributed by atoms with Crippen molar-refractivity contribution in [3.8, 4) is 11.5 Å². The van der Waals surface area contributed by atoms with E-state index < -0.39 is 0 Å². The molecule has 1 aromatic rings. The highest BCUT2D eigenvalue weighted by Crippen LogP contribution is 2.29. The molecule has 0 spiro atoms. The van der Waals surface area contributed by atoms with Crippen LogP contribution < -0.4 is 14.8 Å². The van der Waals surface area contributed by atoms with Crippen molar-refractivity contribution >= 4 is 23.0 Å². The number of nitrogens with zero attached hydrogens (tertiary/aromatic N) is 2. The lowest BCUT2D eigenvalue weighted by Crippen LogP contribution is -2.50. The second-order valence-electron chi connectivity index (χ2n) is 5.33. The molecular weight excluding hydrogens is 298 g/mol. The summed E-state index contributed by atoms with van der Waals surface area (Å²) in [5.74, 6) is 1.49. The van der Waals surface area contributed by atoms with Gasteiger partial charge >= 0.3 is 0 Å².